The van der Waals surface area contributed by atoms with E-state index < -0.39 is 15.1 Å². The Hall–Kier alpha value is -1.76. The Balaban J connectivity index is 1.73. The van der Waals surface area contributed by atoms with E-state index in [0.29, 0.717) is 16.9 Å². The van der Waals surface area contributed by atoms with Crippen molar-refractivity contribution in [3.8, 4) is 0 Å². The molecule has 1 heterocycles. The Morgan fingerprint density at radius 3 is 2.35 bits per heavy atom. The molecule has 138 valence electrons. The highest BCUT2D eigenvalue weighted by molar-refractivity contribution is 7.91. The number of hydrogen-bond donors (Lipinski definition) is 0. The molecule has 6 heteroatoms. The van der Waals surface area contributed by atoms with E-state index in [1.54, 1.807) is 36.4 Å². The number of likely N-dealkylation sites (N-methyl/N-ethyl adjacent to an activating group) is 1. The molecular weight excluding hydrogens is 351 g/mol. The second-order valence-electron chi connectivity index (χ2n) is 7.21. The highest BCUT2D eigenvalue weighted by atomic mass is 32.2. The molecule has 2 unspecified atom stereocenters. The summed E-state index contributed by atoms with van der Waals surface area (Å²) in [5, 5.41) is -0.694. The van der Waals surface area contributed by atoms with E-state index in [1.807, 2.05) is 0 Å². The number of piperazine rings is 1. The molecule has 0 bridgehead atoms. The summed E-state index contributed by atoms with van der Waals surface area (Å²) in [5.74, 6) is -0.379. The Kier molecular flexibility index (Phi) is 4.59. The topological polar surface area (TPSA) is 40.6 Å². The molecular formula is C20H23FN2O2S. The number of sulfone groups is 1. The van der Waals surface area contributed by atoms with Crippen LogP contribution in [0, 0.1) is 5.82 Å². The van der Waals surface area contributed by atoms with Gasteiger partial charge in [0.1, 0.15) is 5.82 Å². The third-order valence-electron chi connectivity index (χ3n) is 5.62. The first kappa shape index (κ1) is 17.6. The fraction of sp³-hybridized carbons (Fsp3) is 0.400. The molecule has 0 N–H and O–H groups in total. The van der Waals surface area contributed by atoms with Crippen LogP contribution in [0.1, 0.15) is 28.8 Å². The zero-order chi connectivity index (χ0) is 18.3. The summed E-state index contributed by atoms with van der Waals surface area (Å²) >= 11 is 0. The molecule has 1 saturated heterocycles. The minimum absolute atomic E-state index is 0.0304. The van der Waals surface area contributed by atoms with Gasteiger partial charge in [0.25, 0.3) is 0 Å². The molecule has 4 nitrogen and oxygen atoms in total. The van der Waals surface area contributed by atoms with Crippen molar-refractivity contribution in [3.63, 3.8) is 0 Å². The predicted molar refractivity (Wildman–Crippen MR) is 99.2 cm³/mol. The number of fused-ring (bicyclic) bond motifs is 1. The maximum atomic E-state index is 13.9. The van der Waals surface area contributed by atoms with E-state index in [-0.39, 0.29) is 11.9 Å². The van der Waals surface area contributed by atoms with E-state index in [4.69, 9.17) is 0 Å². The van der Waals surface area contributed by atoms with Crippen LogP contribution in [-0.2, 0) is 9.84 Å². The van der Waals surface area contributed by atoms with Crippen LogP contribution in [0.5, 0.6) is 0 Å². The fourth-order valence-corrected chi connectivity index (χ4v) is 5.97. The van der Waals surface area contributed by atoms with E-state index in [9.17, 15) is 12.8 Å². The van der Waals surface area contributed by atoms with Crippen LogP contribution in [0.15, 0.2) is 53.4 Å². The normalized spacial score (nSPS) is 24.5. The lowest BCUT2D eigenvalue weighted by Gasteiger charge is -2.36. The monoisotopic (exact) mass is 374 g/mol. The van der Waals surface area contributed by atoms with Crippen molar-refractivity contribution in [1.82, 2.24) is 9.80 Å². The molecule has 0 radical (unpaired) electrons. The highest BCUT2D eigenvalue weighted by Gasteiger charge is 2.42. The van der Waals surface area contributed by atoms with Crippen molar-refractivity contribution in [3.05, 3.63) is 65.5 Å². The number of benzene rings is 2. The Bertz CT molecular complexity index is 893. The molecule has 2 aliphatic rings. The molecule has 1 fully saturated rings. The third kappa shape index (κ3) is 3.06. The smallest absolute Gasteiger partial charge is 0.185 e. The van der Waals surface area contributed by atoms with Crippen molar-refractivity contribution in [1.29, 1.82) is 0 Å². The molecule has 4 rings (SSSR count). The minimum Gasteiger partial charge on any atom is -0.304 e. The van der Waals surface area contributed by atoms with Crippen LogP contribution in [0.4, 0.5) is 4.39 Å². The Labute approximate surface area is 154 Å². The van der Waals surface area contributed by atoms with Crippen LogP contribution in [0.3, 0.4) is 0 Å². The number of nitrogens with zero attached hydrogens (tertiary/aromatic N) is 2. The van der Waals surface area contributed by atoms with E-state index in [0.717, 1.165) is 31.7 Å². The van der Waals surface area contributed by atoms with Gasteiger partial charge in [0.15, 0.2) is 9.84 Å². The second kappa shape index (κ2) is 6.76. The van der Waals surface area contributed by atoms with Crippen molar-refractivity contribution in [2.24, 2.45) is 0 Å². The molecule has 0 amide bonds. The van der Waals surface area contributed by atoms with Gasteiger partial charge in [-0.1, -0.05) is 24.3 Å². The van der Waals surface area contributed by atoms with E-state index in [1.165, 1.54) is 12.1 Å². The van der Waals surface area contributed by atoms with Crippen LogP contribution < -0.4 is 0 Å². The summed E-state index contributed by atoms with van der Waals surface area (Å²) in [6.45, 7) is 3.72. The molecule has 2 aromatic carbocycles. The van der Waals surface area contributed by atoms with Gasteiger partial charge in [-0.3, -0.25) is 4.90 Å². The van der Waals surface area contributed by atoms with Gasteiger partial charge in [-0.15, -0.1) is 0 Å². The first-order valence-corrected chi connectivity index (χ1v) is 10.5. The number of rotatable bonds is 3. The van der Waals surface area contributed by atoms with Crippen molar-refractivity contribution >= 4 is 9.84 Å². The quantitative estimate of drug-likeness (QED) is 0.828. The highest BCUT2D eigenvalue weighted by Crippen LogP contribution is 2.48. The second-order valence-corrected chi connectivity index (χ2v) is 9.34. The Morgan fingerprint density at radius 2 is 1.65 bits per heavy atom. The largest absolute Gasteiger partial charge is 0.304 e. The summed E-state index contributed by atoms with van der Waals surface area (Å²) in [7, 11) is -1.46. The predicted octanol–water partition coefficient (Wildman–Crippen LogP) is 3.03. The molecule has 26 heavy (non-hydrogen) atoms. The van der Waals surface area contributed by atoms with Crippen molar-refractivity contribution in [2.75, 3.05) is 33.2 Å². The number of halogens is 1. The lowest BCUT2D eigenvalue weighted by Crippen LogP contribution is -2.45. The molecule has 0 spiro atoms. The van der Waals surface area contributed by atoms with Gasteiger partial charge in [0, 0.05) is 32.2 Å². The van der Waals surface area contributed by atoms with Gasteiger partial charge >= 0.3 is 0 Å². The number of hydrogen-bond acceptors (Lipinski definition) is 4. The van der Waals surface area contributed by atoms with Gasteiger partial charge in [0.2, 0.25) is 0 Å². The molecule has 1 aliphatic carbocycles. The standard InChI is InChI=1S/C20H23FN2O2S/c1-22-9-11-23(12-10-22)19-14-20(18-13-15(21)7-8-17(18)19)26(24,25)16-5-3-2-4-6-16/h2-8,13,19-20H,9-12,14H2,1H3. The van der Waals surface area contributed by atoms with Gasteiger partial charge in [-0.2, -0.15) is 0 Å². The summed E-state index contributed by atoms with van der Waals surface area (Å²) in [6, 6.07) is 13.2. The van der Waals surface area contributed by atoms with Gasteiger partial charge in [0.05, 0.1) is 10.1 Å². The van der Waals surface area contributed by atoms with E-state index >= 15 is 0 Å². The molecule has 0 aromatic heterocycles. The Morgan fingerprint density at radius 1 is 0.962 bits per heavy atom. The summed E-state index contributed by atoms with van der Waals surface area (Å²) < 4.78 is 40.4. The maximum absolute atomic E-state index is 13.9. The molecule has 2 atom stereocenters. The third-order valence-corrected chi connectivity index (χ3v) is 7.74. The van der Waals surface area contributed by atoms with Crippen molar-refractivity contribution < 1.29 is 12.8 Å². The van der Waals surface area contributed by atoms with Gasteiger partial charge < -0.3 is 4.90 Å². The first-order valence-electron chi connectivity index (χ1n) is 8.98. The average molecular weight is 374 g/mol. The SMILES string of the molecule is CN1CCN(C2CC(S(=O)(=O)c3ccccc3)c3cc(F)ccc32)CC1. The van der Waals surface area contributed by atoms with E-state index in [2.05, 4.69) is 16.8 Å². The molecule has 0 saturated carbocycles. The fourth-order valence-electron chi connectivity index (χ4n) is 4.13. The van der Waals surface area contributed by atoms with Gasteiger partial charge in [-0.25, -0.2) is 12.8 Å². The minimum atomic E-state index is -3.55. The molecule has 2 aromatic rings. The summed E-state index contributed by atoms with van der Waals surface area (Å²) in [4.78, 5) is 4.92. The maximum Gasteiger partial charge on any atom is 0.185 e. The van der Waals surface area contributed by atoms with Crippen LogP contribution in [0.2, 0.25) is 0 Å². The first-order chi connectivity index (χ1) is 12.5. The lowest BCUT2D eigenvalue weighted by molar-refractivity contribution is 0.111. The van der Waals surface area contributed by atoms with Crippen LogP contribution in [-0.4, -0.2) is 51.4 Å². The van der Waals surface area contributed by atoms with Gasteiger partial charge in [-0.05, 0) is 48.9 Å². The van der Waals surface area contributed by atoms with Crippen LogP contribution >= 0.6 is 0 Å². The summed E-state index contributed by atoms with van der Waals surface area (Å²) in [5.41, 5.74) is 1.58. The lowest BCUT2D eigenvalue weighted by atomic mass is 10.1. The van der Waals surface area contributed by atoms with Crippen molar-refractivity contribution in [2.45, 2.75) is 22.6 Å². The zero-order valence-electron chi connectivity index (χ0n) is 14.8. The summed E-state index contributed by atoms with van der Waals surface area (Å²) in [6.07, 6.45) is 0.486. The average Bonchev–Trinajstić information content (AvgIpc) is 3.02. The zero-order valence-corrected chi connectivity index (χ0v) is 15.6. The molecule has 1 aliphatic heterocycles. The van der Waals surface area contributed by atoms with Crippen LogP contribution in [0.25, 0.3) is 0 Å².